The van der Waals surface area contributed by atoms with Crippen molar-refractivity contribution in [3.63, 3.8) is 0 Å². The number of rotatable bonds is 8. The second-order valence-corrected chi connectivity index (χ2v) is 3.70. The minimum absolute atomic E-state index is 0.0138. The van der Waals surface area contributed by atoms with Gasteiger partial charge >= 0.3 is 0 Å². The molecule has 1 rings (SSSR count). The molecule has 0 heterocycles. The summed E-state index contributed by atoms with van der Waals surface area (Å²) >= 11 is 0. The van der Waals surface area contributed by atoms with Crippen LogP contribution >= 0.6 is 0 Å². The number of carbonyl (C=O) groups excluding carboxylic acids is 1. The van der Waals surface area contributed by atoms with E-state index < -0.39 is 0 Å². The Kier molecular flexibility index (Phi) is 6.64. The molecule has 5 nitrogen and oxygen atoms in total. The molecule has 0 aliphatic rings. The number of amides is 1. The van der Waals surface area contributed by atoms with Crippen LogP contribution in [0.2, 0.25) is 0 Å². The fraction of sp³-hybridized carbons (Fsp3) is 0.462. The average molecular weight is 252 g/mol. The number of methoxy groups -OCH3 is 1. The Balaban J connectivity index is 2.26. The predicted molar refractivity (Wildman–Crippen MR) is 70.0 cm³/mol. The van der Waals surface area contributed by atoms with Gasteiger partial charge in [-0.2, -0.15) is 0 Å². The van der Waals surface area contributed by atoms with Gasteiger partial charge in [-0.05, 0) is 19.2 Å². The predicted octanol–water partition coefficient (Wildman–Crippen LogP) is 0.800. The lowest BCUT2D eigenvalue weighted by molar-refractivity contribution is -0.121. The largest absolute Gasteiger partial charge is 0.493 e. The molecule has 0 aliphatic carbocycles. The van der Waals surface area contributed by atoms with Crippen LogP contribution in [-0.4, -0.2) is 39.8 Å². The van der Waals surface area contributed by atoms with Gasteiger partial charge in [0.1, 0.15) is 0 Å². The van der Waals surface area contributed by atoms with Crippen LogP contribution in [0.1, 0.15) is 6.42 Å². The topological polar surface area (TPSA) is 59.6 Å². The van der Waals surface area contributed by atoms with Gasteiger partial charge in [-0.1, -0.05) is 12.1 Å². The average Bonchev–Trinajstić information content (AvgIpc) is 2.39. The molecule has 0 spiro atoms. The molecule has 0 bridgehead atoms. The maximum atomic E-state index is 11.4. The maximum absolute atomic E-state index is 11.4. The van der Waals surface area contributed by atoms with Crippen molar-refractivity contribution in [3.05, 3.63) is 24.3 Å². The Hall–Kier alpha value is -1.75. The van der Waals surface area contributed by atoms with Gasteiger partial charge in [0.15, 0.2) is 11.5 Å². The number of hydrogen-bond donors (Lipinski definition) is 2. The summed E-state index contributed by atoms with van der Waals surface area (Å²) in [6.45, 7) is 1.73. The van der Waals surface area contributed by atoms with Gasteiger partial charge in [0, 0.05) is 13.1 Å². The standard InChI is InChI=1S/C13H20N2O3/c1-14-8-9-15-13(16)7-10-18-12-6-4-3-5-11(12)17-2/h3-6,14H,7-10H2,1-2H3,(H,15,16). The first kappa shape index (κ1) is 14.3. The third-order valence-corrected chi connectivity index (χ3v) is 2.35. The van der Waals surface area contributed by atoms with Crippen molar-refractivity contribution in [1.82, 2.24) is 10.6 Å². The van der Waals surface area contributed by atoms with E-state index in [9.17, 15) is 4.79 Å². The maximum Gasteiger partial charge on any atom is 0.223 e. The van der Waals surface area contributed by atoms with Crippen LogP contribution in [0.3, 0.4) is 0 Å². The molecule has 0 saturated carbocycles. The van der Waals surface area contributed by atoms with Crippen LogP contribution in [0.25, 0.3) is 0 Å². The molecule has 1 aromatic rings. The highest BCUT2D eigenvalue weighted by atomic mass is 16.5. The van der Waals surface area contributed by atoms with Gasteiger partial charge in [-0.25, -0.2) is 0 Å². The summed E-state index contributed by atoms with van der Waals surface area (Å²) in [5, 5.41) is 5.74. The van der Waals surface area contributed by atoms with Crippen molar-refractivity contribution in [2.75, 3.05) is 33.9 Å². The highest BCUT2D eigenvalue weighted by Gasteiger charge is 2.04. The molecular weight excluding hydrogens is 232 g/mol. The van der Waals surface area contributed by atoms with Gasteiger partial charge in [-0.15, -0.1) is 0 Å². The molecule has 0 aromatic heterocycles. The van der Waals surface area contributed by atoms with Gasteiger partial charge in [0.25, 0.3) is 0 Å². The van der Waals surface area contributed by atoms with Crippen LogP contribution in [0.4, 0.5) is 0 Å². The van der Waals surface area contributed by atoms with Crippen LogP contribution in [-0.2, 0) is 4.79 Å². The summed E-state index contributed by atoms with van der Waals surface area (Å²) < 4.78 is 10.7. The molecule has 0 fully saturated rings. The zero-order valence-electron chi connectivity index (χ0n) is 10.9. The second-order valence-electron chi connectivity index (χ2n) is 3.70. The first-order valence-electron chi connectivity index (χ1n) is 5.95. The number of ether oxygens (including phenoxy) is 2. The lowest BCUT2D eigenvalue weighted by Crippen LogP contribution is -2.31. The molecule has 2 N–H and O–H groups in total. The number of benzene rings is 1. The first-order chi connectivity index (χ1) is 8.77. The molecule has 0 saturated heterocycles. The van der Waals surface area contributed by atoms with E-state index >= 15 is 0 Å². The minimum atomic E-state index is -0.0138. The summed E-state index contributed by atoms with van der Waals surface area (Å²) in [6, 6.07) is 7.38. The Morgan fingerprint density at radius 3 is 2.61 bits per heavy atom. The van der Waals surface area contributed by atoms with Gasteiger partial charge < -0.3 is 20.1 Å². The van der Waals surface area contributed by atoms with Crippen LogP contribution in [0.5, 0.6) is 11.5 Å². The Labute approximate surface area is 107 Å². The van der Waals surface area contributed by atoms with E-state index in [1.54, 1.807) is 7.11 Å². The normalized spacial score (nSPS) is 9.89. The molecule has 18 heavy (non-hydrogen) atoms. The minimum Gasteiger partial charge on any atom is -0.493 e. The van der Waals surface area contributed by atoms with E-state index in [-0.39, 0.29) is 5.91 Å². The zero-order chi connectivity index (χ0) is 13.2. The molecule has 5 heteroatoms. The second kappa shape index (κ2) is 8.36. The zero-order valence-corrected chi connectivity index (χ0v) is 10.9. The third-order valence-electron chi connectivity index (χ3n) is 2.35. The molecule has 0 radical (unpaired) electrons. The fourth-order valence-corrected chi connectivity index (χ4v) is 1.41. The van der Waals surface area contributed by atoms with Crippen LogP contribution in [0.15, 0.2) is 24.3 Å². The lowest BCUT2D eigenvalue weighted by atomic mass is 10.3. The number of hydrogen-bond acceptors (Lipinski definition) is 4. The van der Waals surface area contributed by atoms with E-state index in [2.05, 4.69) is 10.6 Å². The Morgan fingerprint density at radius 1 is 1.22 bits per heavy atom. The van der Waals surface area contributed by atoms with Crippen molar-refractivity contribution in [3.8, 4) is 11.5 Å². The molecule has 0 atom stereocenters. The van der Waals surface area contributed by atoms with Crippen molar-refractivity contribution in [1.29, 1.82) is 0 Å². The van der Waals surface area contributed by atoms with Crippen molar-refractivity contribution >= 4 is 5.91 Å². The highest BCUT2D eigenvalue weighted by molar-refractivity contribution is 5.75. The summed E-state index contributed by atoms with van der Waals surface area (Å²) in [6.07, 6.45) is 0.335. The van der Waals surface area contributed by atoms with Gasteiger partial charge in [-0.3, -0.25) is 4.79 Å². The van der Waals surface area contributed by atoms with Crippen LogP contribution < -0.4 is 20.1 Å². The summed E-state index contributed by atoms with van der Waals surface area (Å²) in [4.78, 5) is 11.4. The molecule has 1 amide bonds. The molecule has 0 aliphatic heterocycles. The summed E-state index contributed by atoms with van der Waals surface area (Å²) in [5.74, 6) is 1.32. The molecule has 1 aromatic carbocycles. The van der Waals surface area contributed by atoms with Crippen molar-refractivity contribution in [2.45, 2.75) is 6.42 Å². The monoisotopic (exact) mass is 252 g/mol. The first-order valence-corrected chi connectivity index (χ1v) is 5.95. The molecule has 100 valence electrons. The van der Waals surface area contributed by atoms with Crippen LogP contribution in [0, 0.1) is 0 Å². The summed E-state index contributed by atoms with van der Waals surface area (Å²) in [7, 11) is 3.43. The molecular formula is C13H20N2O3. The van der Waals surface area contributed by atoms with Gasteiger partial charge in [0.05, 0.1) is 20.1 Å². The summed E-state index contributed by atoms with van der Waals surface area (Å²) in [5.41, 5.74) is 0. The quantitative estimate of drug-likeness (QED) is 0.672. The highest BCUT2D eigenvalue weighted by Crippen LogP contribution is 2.25. The number of carbonyl (C=O) groups is 1. The van der Waals surface area contributed by atoms with Crippen molar-refractivity contribution < 1.29 is 14.3 Å². The smallest absolute Gasteiger partial charge is 0.223 e. The van der Waals surface area contributed by atoms with E-state index in [1.165, 1.54) is 0 Å². The number of para-hydroxylation sites is 2. The molecule has 0 unspecified atom stereocenters. The fourth-order valence-electron chi connectivity index (χ4n) is 1.41. The van der Waals surface area contributed by atoms with E-state index in [0.717, 1.165) is 6.54 Å². The van der Waals surface area contributed by atoms with E-state index in [0.29, 0.717) is 31.1 Å². The number of likely N-dealkylation sites (N-methyl/N-ethyl adjacent to an activating group) is 1. The lowest BCUT2D eigenvalue weighted by Gasteiger charge is -2.10. The Bertz CT molecular complexity index is 369. The van der Waals surface area contributed by atoms with Crippen molar-refractivity contribution in [2.24, 2.45) is 0 Å². The van der Waals surface area contributed by atoms with E-state index in [1.807, 2.05) is 31.3 Å². The van der Waals surface area contributed by atoms with Gasteiger partial charge in [0.2, 0.25) is 5.91 Å². The Morgan fingerprint density at radius 2 is 1.94 bits per heavy atom. The SMILES string of the molecule is CNCCNC(=O)CCOc1ccccc1OC. The number of nitrogens with one attached hydrogen (secondary N) is 2. The van der Waals surface area contributed by atoms with E-state index in [4.69, 9.17) is 9.47 Å². The third kappa shape index (κ3) is 5.05.